The minimum absolute atomic E-state index is 0.220. The van der Waals surface area contributed by atoms with E-state index >= 15 is 0 Å². The van der Waals surface area contributed by atoms with Crippen molar-refractivity contribution in [2.45, 2.75) is 13.1 Å². The second-order valence-electron chi connectivity index (χ2n) is 7.94. The lowest BCUT2D eigenvalue weighted by molar-refractivity contribution is 0.0320. The lowest BCUT2D eigenvalue weighted by Crippen LogP contribution is -2.41. The summed E-state index contributed by atoms with van der Waals surface area (Å²) in [7, 11) is 3.93. The van der Waals surface area contributed by atoms with Gasteiger partial charge in [-0.2, -0.15) is 0 Å². The molecule has 0 aliphatic carbocycles. The molecule has 0 unspecified atom stereocenters. The fourth-order valence-corrected chi connectivity index (χ4v) is 3.55. The number of ether oxygens (including phenoxy) is 1. The van der Waals surface area contributed by atoms with Crippen molar-refractivity contribution in [2.75, 3.05) is 66.6 Å². The molecule has 1 N–H and O–H groups in total. The SMILES string of the molecule is CN(C)CCNC(=O)c1coc(CN(CCN2CCOCC2)Cc2ccccc2Cl)n1. The molecular weight excluding hydrogens is 418 g/mol. The smallest absolute Gasteiger partial charge is 0.273 e. The molecule has 3 rings (SSSR count). The number of nitrogens with zero attached hydrogens (tertiary/aromatic N) is 4. The lowest BCUT2D eigenvalue weighted by atomic mass is 10.2. The Balaban J connectivity index is 1.61. The number of hydrogen-bond acceptors (Lipinski definition) is 7. The number of carbonyl (C=O) groups is 1. The van der Waals surface area contributed by atoms with Gasteiger partial charge in [-0.15, -0.1) is 0 Å². The maximum Gasteiger partial charge on any atom is 0.273 e. The Morgan fingerprint density at radius 3 is 2.71 bits per heavy atom. The van der Waals surface area contributed by atoms with Gasteiger partial charge in [0.15, 0.2) is 5.69 Å². The molecule has 1 aliphatic heterocycles. The second-order valence-corrected chi connectivity index (χ2v) is 8.35. The third kappa shape index (κ3) is 7.90. The van der Waals surface area contributed by atoms with Crippen molar-refractivity contribution in [3.05, 3.63) is 52.7 Å². The maximum atomic E-state index is 12.3. The third-order valence-corrected chi connectivity index (χ3v) is 5.54. The van der Waals surface area contributed by atoms with Crippen LogP contribution in [0.3, 0.4) is 0 Å². The van der Waals surface area contributed by atoms with E-state index in [1.165, 1.54) is 6.26 Å². The van der Waals surface area contributed by atoms with E-state index in [4.69, 9.17) is 20.8 Å². The predicted octanol–water partition coefficient (Wildman–Crippen LogP) is 1.95. The Morgan fingerprint density at radius 2 is 1.97 bits per heavy atom. The van der Waals surface area contributed by atoms with Crippen LogP contribution in [-0.4, -0.2) is 92.2 Å². The molecule has 1 amide bonds. The summed E-state index contributed by atoms with van der Waals surface area (Å²) < 4.78 is 11.1. The number of carbonyl (C=O) groups excluding carboxylic acids is 1. The quantitative estimate of drug-likeness (QED) is 0.562. The Bertz CT molecular complexity index is 823. The zero-order valence-electron chi connectivity index (χ0n) is 18.3. The first-order chi connectivity index (χ1) is 15.0. The van der Waals surface area contributed by atoms with Gasteiger partial charge in [0, 0.05) is 50.8 Å². The summed E-state index contributed by atoms with van der Waals surface area (Å²) >= 11 is 6.39. The van der Waals surface area contributed by atoms with E-state index in [-0.39, 0.29) is 5.91 Å². The first-order valence-corrected chi connectivity index (χ1v) is 11.0. The number of rotatable bonds is 11. The minimum Gasteiger partial charge on any atom is -0.447 e. The van der Waals surface area contributed by atoms with Gasteiger partial charge in [0.25, 0.3) is 5.91 Å². The normalized spacial score (nSPS) is 15.0. The topological polar surface area (TPSA) is 74.1 Å². The molecule has 8 nitrogen and oxygen atoms in total. The maximum absolute atomic E-state index is 12.3. The Morgan fingerprint density at radius 1 is 1.19 bits per heavy atom. The van der Waals surface area contributed by atoms with Gasteiger partial charge in [0.2, 0.25) is 5.89 Å². The van der Waals surface area contributed by atoms with Crippen LogP contribution in [-0.2, 0) is 17.8 Å². The molecule has 0 spiro atoms. The van der Waals surface area contributed by atoms with Crippen LogP contribution in [0.4, 0.5) is 0 Å². The van der Waals surface area contributed by atoms with Gasteiger partial charge < -0.3 is 19.4 Å². The number of morpholine rings is 1. The van der Waals surface area contributed by atoms with E-state index in [0.29, 0.717) is 31.2 Å². The largest absolute Gasteiger partial charge is 0.447 e. The zero-order chi connectivity index (χ0) is 22.1. The average Bonchev–Trinajstić information content (AvgIpc) is 3.23. The van der Waals surface area contributed by atoms with Crippen molar-refractivity contribution in [2.24, 2.45) is 0 Å². The molecule has 31 heavy (non-hydrogen) atoms. The standard InChI is InChI=1S/C22H32ClN5O3/c1-26(2)8-7-24-22(29)20-17-31-21(25-20)16-28(10-9-27-11-13-30-14-12-27)15-18-5-3-4-6-19(18)23/h3-6,17H,7-16H2,1-2H3,(H,24,29). The summed E-state index contributed by atoms with van der Waals surface area (Å²) in [5, 5.41) is 3.60. The first-order valence-electron chi connectivity index (χ1n) is 10.6. The van der Waals surface area contributed by atoms with Crippen LogP contribution in [0.1, 0.15) is 21.9 Å². The summed E-state index contributed by atoms with van der Waals surface area (Å²) in [4.78, 5) is 23.3. The number of halogens is 1. The van der Waals surface area contributed by atoms with Gasteiger partial charge in [-0.1, -0.05) is 29.8 Å². The number of hydrogen-bond donors (Lipinski definition) is 1. The van der Waals surface area contributed by atoms with Crippen LogP contribution in [0.5, 0.6) is 0 Å². The monoisotopic (exact) mass is 449 g/mol. The van der Waals surface area contributed by atoms with Gasteiger partial charge in [0.1, 0.15) is 6.26 Å². The van der Waals surface area contributed by atoms with E-state index in [1.807, 2.05) is 43.3 Å². The number of aromatic nitrogens is 1. The summed E-state index contributed by atoms with van der Waals surface area (Å²) in [5.74, 6) is 0.301. The highest BCUT2D eigenvalue weighted by molar-refractivity contribution is 6.31. The molecule has 0 saturated carbocycles. The molecule has 1 aromatic carbocycles. The van der Waals surface area contributed by atoms with E-state index in [2.05, 4.69) is 20.1 Å². The molecule has 170 valence electrons. The second kappa shape index (κ2) is 12.2. The number of likely N-dealkylation sites (N-methyl/N-ethyl adjacent to an activating group) is 1. The molecule has 0 bridgehead atoms. The Labute approximate surface area is 189 Å². The van der Waals surface area contributed by atoms with Crippen LogP contribution in [0.25, 0.3) is 0 Å². The molecule has 0 radical (unpaired) electrons. The summed E-state index contributed by atoms with van der Waals surface area (Å²) in [6, 6.07) is 7.85. The van der Waals surface area contributed by atoms with Crippen LogP contribution in [0.15, 0.2) is 34.9 Å². The number of oxazole rings is 1. The van der Waals surface area contributed by atoms with E-state index in [0.717, 1.165) is 56.5 Å². The third-order valence-electron chi connectivity index (χ3n) is 5.18. The van der Waals surface area contributed by atoms with Crippen molar-refractivity contribution in [1.82, 2.24) is 25.0 Å². The van der Waals surface area contributed by atoms with E-state index < -0.39 is 0 Å². The molecule has 1 aliphatic rings. The van der Waals surface area contributed by atoms with E-state index in [9.17, 15) is 4.79 Å². The molecule has 0 atom stereocenters. The Hall–Kier alpha value is -1.97. The highest BCUT2D eigenvalue weighted by atomic mass is 35.5. The Kier molecular flexibility index (Phi) is 9.30. The highest BCUT2D eigenvalue weighted by Crippen LogP contribution is 2.18. The molecule has 9 heteroatoms. The van der Waals surface area contributed by atoms with E-state index in [1.54, 1.807) is 0 Å². The van der Waals surface area contributed by atoms with Crippen LogP contribution in [0.2, 0.25) is 5.02 Å². The summed E-state index contributed by atoms with van der Waals surface area (Å²) in [6.07, 6.45) is 1.43. The van der Waals surface area contributed by atoms with Crippen LogP contribution < -0.4 is 5.32 Å². The van der Waals surface area contributed by atoms with Gasteiger partial charge >= 0.3 is 0 Å². The molecule has 2 aromatic rings. The van der Waals surface area contributed by atoms with Crippen molar-refractivity contribution in [3.63, 3.8) is 0 Å². The summed E-state index contributed by atoms with van der Waals surface area (Å²) in [6.45, 7) is 7.69. The predicted molar refractivity (Wildman–Crippen MR) is 120 cm³/mol. The molecular formula is C22H32ClN5O3. The van der Waals surface area contributed by atoms with Crippen molar-refractivity contribution in [3.8, 4) is 0 Å². The fourth-order valence-electron chi connectivity index (χ4n) is 3.35. The average molecular weight is 450 g/mol. The number of benzene rings is 1. The molecule has 2 heterocycles. The zero-order valence-corrected chi connectivity index (χ0v) is 19.1. The highest BCUT2D eigenvalue weighted by Gasteiger charge is 2.18. The van der Waals surface area contributed by atoms with Gasteiger partial charge in [0.05, 0.1) is 19.8 Å². The first kappa shape index (κ1) is 23.7. The number of nitrogens with one attached hydrogen (secondary N) is 1. The van der Waals surface area contributed by atoms with Gasteiger partial charge in [-0.05, 0) is 25.7 Å². The van der Waals surface area contributed by atoms with Crippen molar-refractivity contribution < 1.29 is 13.9 Å². The fraction of sp³-hybridized carbons (Fsp3) is 0.545. The van der Waals surface area contributed by atoms with Crippen LogP contribution in [0, 0.1) is 0 Å². The number of amides is 1. The lowest BCUT2D eigenvalue weighted by Gasteiger charge is -2.29. The minimum atomic E-state index is -0.220. The van der Waals surface area contributed by atoms with Gasteiger partial charge in [-0.25, -0.2) is 4.98 Å². The molecule has 1 fully saturated rings. The van der Waals surface area contributed by atoms with Gasteiger partial charge in [-0.3, -0.25) is 14.6 Å². The van der Waals surface area contributed by atoms with Crippen molar-refractivity contribution >= 4 is 17.5 Å². The van der Waals surface area contributed by atoms with Crippen LogP contribution >= 0.6 is 11.6 Å². The molecule has 1 saturated heterocycles. The summed E-state index contributed by atoms with van der Waals surface area (Å²) in [5.41, 5.74) is 1.36. The molecule has 1 aromatic heterocycles. The van der Waals surface area contributed by atoms with Crippen molar-refractivity contribution in [1.29, 1.82) is 0 Å².